The Hall–Kier alpha value is -0.160. The van der Waals surface area contributed by atoms with E-state index in [0.29, 0.717) is 0 Å². The number of hydrogen-bond acceptors (Lipinski definition) is 3. The monoisotopic (exact) mass is 232 g/mol. The third-order valence-corrected chi connectivity index (χ3v) is 3.02. The maximum absolute atomic E-state index is 5.29. The van der Waals surface area contributed by atoms with E-state index in [-0.39, 0.29) is 6.04 Å². The lowest BCUT2D eigenvalue weighted by atomic mass is 10.2. The van der Waals surface area contributed by atoms with Crippen LogP contribution in [0.4, 0.5) is 0 Å². The third-order valence-electron chi connectivity index (χ3n) is 1.32. The summed E-state index contributed by atoms with van der Waals surface area (Å²) in [6.07, 6.45) is 1.78. The molecule has 0 saturated heterocycles. The first-order valence-electron chi connectivity index (χ1n) is 3.12. The van der Waals surface area contributed by atoms with Gasteiger partial charge in [-0.25, -0.2) is 5.43 Å². The van der Waals surface area contributed by atoms with Crippen molar-refractivity contribution in [2.75, 3.05) is 0 Å². The van der Waals surface area contributed by atoms with E-state index in [1.54, 1.807) is 17.4 Å². The first-order chi connectivity index (χ1) is 5.27. The van der Waals surface area contributed by atoms with Crippen molar-refractivity contribution in [1.82, 2.24) is 5.43 Å². The fourth-order valence-corrected chi connectivity index (χ4v) is 2.24. The first-order valence-corrected chi connectivity index (χ1v) is 4.73. The Kier molecular flexibility index (Phi) is 3.26. The zero-order valence-corrected chi connectivity index (χ0v) is 8.28. The normalized spacial score (nSPS) is 12.9. The summed E-state index contributed by atoms with van der Waals surface area (Å²) in [5.74, 6) is 5.29. The molecule has 0 radical (unpaired) electrons. The van der Waals surface area contributed by atoms with Crippen LogP contribution < -0.4 is 11.3 Å². The highest BCUT2D eigenvalue weighted by Gasteiger charge is 2.06. The quantitative estimate of drug-likeness (QED) is 0.477. The van der Waals surface area contributed by atoms with E-state index >= 15 is 0 Å². The molecule has 1 rings (SSSR count). The highest BCUT2D eigenvalue weighted by molar-refractivity contribution is 9.11. The minimum atomic E-state index is 0.0614. The number of nitrogens with two attached hydrogens (primary N) is 1. The van der Waals surface area contributed by atoms with Crippen LogP contribution in [0.25, 0.3) is 0 Å². The molecule has 1 heterocycles. The van der Waals surface area contributed by atoms with Gasteiger partial charge in [-0.2, -0.15) is 0 Å². The number of thiophene rings is 1. The van der Waals surface area contributed by atoms with E-state index in [1.807, 2.05) is 12.1 Å². The molecule has 11 heavy (non-hydrogen) atoms. The second-order valence-corrected chi connectivity index (χ2v) is 4.52. The minimum Gasteiger partial charge on any atom is -0.271 e. The van der Waals surface area contributed by atoms with Crippen LogP contribution in [-0.2, 0) is 0 Å². The van der Waals surface area contributed by atoms with Gasteiger partial charge in [0.2, 0.25) is 0 Å². The van der Waals surface area contributed by atoms with Gasteiger partial charge in [-0.05, 0) is 28.1 Å². The molecule has 4 heteroatoms. The van der Waals surface area contributed by atoms with Crippen molar-refractivity contribution in [1.29, 1.82) is 0 Å². The van der Waals surface area contributed by atoms with Gasteiger partial charge in [-0.15, -0.1) is 17.9 Å². The van der Waals surface area contributed by atoms with Crippen molar-refractivity contribution in [3.8, 4) is 0 Å². The molecule has 1 aromatic rings. The largest absolute Gasteiger partial charge is 0.271 e. The van der Waals surface area contributed by atoms with Crippen LogP contribution in [0.5, 0.6) is 0 Å². The van der Waals surface area contributed by atoms with Gasteiger partial charge in [0.25, 0.3) is 0 Å². The summed E-state index contributed by atoms with van der Waals surface area (Å²) in [5, 5.41) is 0. The Labute approximate surface area is 78.2 Å². The van der Waals surface area contributed by atoms with Gasteiger partial charge in [-0.3, -0.25) is 5.84 Å². The van der Waals surface area contributed by atoms with Gasteiger partial charge >= 0.3 is 0 Å². The number of hydrazine groups is 1. The zero-order valence-electron chi connectivity index (χ0n) is 5.88. The lowest BCUT2D eigenvalue weighted by Crippen LogP contribution is -2.25. The van der Waals surface area contributed by atoms with Crippen LogP contribution in [0.15, 0.2) is 28.6 Å². The van der Waals surface area contributed by atoms with Gasteiger partial charge in [-0.1, -0.05) is 6.08 Å². The smallest absolute Gasteiger partial charge is 0.0731 e. The van der Waals surface area contributed by atoms with Crippen molar-refractivity contribution >= 4 is 27.3 Å². The molecule has 1 unspecified atom stereocenters. The number of rotatable bonds is 3. The molecule has 0 bridgehead atoms. The van der Waals surface area contributed by atoms with E-state index in [0.717, 1.165) is 8.66 Å². The molecule has 3 N–H and O–H groups in total. The Morgan fingerprint density at radius 3 is 2.82 bits per heavy atom. The molecule has 60 valence electrons. The second-order valence-electron chi connectivity index (χ2n) is 2.02. The summed E-state index contributed by atoms with van der Waals surface area (Å²) in [6, 6.07) is 4.07. The van der Waals surface area contributed by atoms with E-state index in [2.05, 4.69) is 27.9 Å². The number of hydrogen-bond donors (Lipinski definition) is 2. The molecular weight excluding hydrogens is 224 g/mol. The predicted octanol–water partition coefficient (Wildman–Crippen LogP) is 2.20. The first kappa shape index (κ1) is 8.93. The zero-order chi connectivity index (χ0) is 8.27. The summed E-state index contributed by atoms with van der Waals surface area (Å²) in [7, 11) is 0. The molecule has 0 aliphatic heterocycles. The summed E-state index contributed by atoms with van der Waals surface area (Å²) in [6.45, 7) is 3.67. The van der Waals surface area contributed by atoms with Crippen LogP contribution in [0.2, 0.25) is 0 Å². The van der Waals surface area contributed by atoms with Crippen LogP contribution in [0.1, 0.15) is 10.9 Å². The Morgan fingerprint density at radius 1 is 1.73 bits per heavy atom. The van der Waals surface area contributed by atoms with Gasteiger partial charge < -0.3 is 0 Å². The Bertz CT molecular complexity index is 246. The molecular formula is C7H9BrN2S. The lowest BCUT2D eigenvalue weighted by molar-refractivity contribution is 0.667. The average molecular weight is 233 g/mol. The van der Waals surface area contributed by atoms with Crippen molar-refractivity contribution in [2.45, 2.75) is 6.04 Å². The van der Waals surface area contributed by atoms with Crippen molar-refractivity contribution in [3.05, 3.63) is 33.5 Å². The number of halogens is 1. The van der Waals surface area contributed by atoms with Crippen molar-refractivity contribution < 1.29 is 0 Å². The molecule has 2 nitrogen and oxygen atoms in total. The van der Waals surface area contributed by atoms with E-state index < -0.39 is 0 Å². The highest BCUT2D eigenvalue weighted by atomic mass is 79.9. The SMILES string of the molecule is C=CC(NN)c1ccc(Br)s1. The summed E-state index contributed by atoms with van der Waals surface area (Å²) < 4.78 is 1.11. The standard InChI is InChI=1S/C7H9BrN2S/c1-2-5(10-9)6-3-4-7(8)11-6/h2-5,10H,1,9H2. The van der Waals surface area contributed by atoms with E-state index in [1.165, 1.54) is 0 Å². The molecule has 0 amide bonds. The molecule has 0 spiro atoms. The average Bonchev–Trinajstić information content (AvgIpc) is 2.39. The second kappa shape index (κ2) is 4.01. The summed E-state index contributed by atoms with van der Waals surface area (Å²) in [4.78, 5) is 1.16. The molecule has 0 aromatic carbocycles. The maximum Gasteiger partial charge on any atom is 0.0731 e. The topological polar surface area (TPSA) is 38.0 Å². The molecule has 0 fully saturated rings. The highest BCUT2D eigenvalue weighted by Crippen LogP contribution is 2.27. The van der Waals surface area contributed by atoms with E-state index in [4.69, 9.17) is 5.84 Å². The van der Waals surface area contributed by atoms with Gasteiger partial charge in [0.05, 0.1) is 9.83 Å². The Balaban J connectivity index is 2.81. The minimum absolute atomic E-state index is 0.0614. The van der Waals surface area contributed by atoms with Crippen LogP contribution in [0, 0.1) is 0 Å². The molecule has 1 atom stereocenters. The third kappa shape index (κ3) is 2.13. The Morgan fingerprint density at radius 2 is 2.45 bits per heavy atom. The van der Waals surface area contributed by atoms with Crippen LogP contribution in [0.3, 0.4) is 0 Å². The predicted molar refractivity (Wildman–Crippen MR) is 52.3 cm³/mol. The summed E-state index contributed by atoms with van der Waals surface area (Å²) in [5.41, 5.74) is 2.65. The van der Waals surface area contributed by atoms with Crippen molar-refractivity contribution in [3.63, 3.8) is 0 Å². The van der Waals surface area contributed by atoms with Gasteiger partial charge in [0.1, 0.15) is 0 Å². The van der Waals surface area contributed by atoms with Gasteiger partial charge in [0.15, 0.2) is 0 Å². The van der Waals surface area contributed by atoms with Gasteiger partial charge in [0, 0.05) is 4.88 Å². The van der Waals surface area contributed by atoms with Crippen LogP contribution >= 0.6 is 27.3 Å². The summed E-state index contributed by atoms with van der Waals surface area (Å²) >= 11 is 5.02. The van der Waals surface area contributed by atoms with E-state index in [9.17, 15) is 0 Å². The van der Waals surface area contributed by atoms with Crippen LogP contribution in [-0.4, -0.2) is 0 Å². The maximum atomic E-state index is 5.29. The molecule has 1 aromatic heterocycles. The fraction of sp³-hybridized carbons (Fsp3) is 0.143. The molecule has 0 aliphatic carbocycles. The van der Waals surface area contributed by atoms with Crippen molar-refractivity contribution in [2.24, 2.45) is 5.84 Å². The molecule has 0 aliphatic rings. The molecule has 0 saturated carbocycles. The lowest BCUT2D eigenvalue weighted by Gasteiger charge is -2.06. The fourth-order valence-electron chi connectivity index (χ4n) is 0.762. The number of nitrogens with one attached hydrogen (secondary N) is 1.